The quantitative estimate of drug-likeness (QED) is 0.654. The van der Waals surface area contributed by atoms with Crippen molar-refractivity contribution in [2.24, 2.45) is 23.7 Å². The first-order chi connectivity index (χ1) is 15.5. The predicted molar refractivity (Wildman–Crippen MR) is 124 cm³/mol. The average molecular weight is 435 g/mol. The largest absolute Gasteiger partial charge is 0.493 e. The highest BCUT2D eigenvalue weighted by Gasteiger charge is 2.54. The van der Waals surface area contributed by atoms with Gasteiger partial charge in [0.05, 0.1) is 12.2 Å². The van der Waals surface area contributed by atoms with Crippen molar-refractivity contribution >= 4 is 5.91 Å². The monoisotopic (exact) mass is 434 g/mol. The number of aromatic nitrogens is 1. The molecule has 6 rings (SSSR count). The highest BCUT2D eigenvalue weighted by atomic mass is 16.5. The zero-order valence-electron chi connectivity index (χ0n) is 18.9. The van der Waals surface area contributed by atoms with E-state index in [2.05, 4.69) is 29.4 Å². The molecule has 32 heavy (non-hydrogen) atoms. The van der Waals surface area contributed by atoms with Gasteiger partial charge in [0.25, 0.3) is 5.91 Å². The van der Waals surface area contributed by atoms with Gasteiger partial charge >= 0.3 is 0 Å². The van der Waals surface area contributed by atoms with E-state index in [0.717, 1.165) is 50.1 Å². The third-order valence-electron chi connectivity index (χ3n) is 7.97. The van der Waals surface area contributed by atoms with Gasteiger partial charge in [-0.25, -0.2) is 0 Å². The Labute approximate surface area is 190 Å². The SMILES string of the molecule is CCc1ccc(CCOc2ccc(C(=O)NCC3C4CC5CC3CC(O)(C5)C4)cc2)nc1. The summed E-state index contributed by atoms with van der Waals surface area (Å²) < 4.78 is 5.83. The Balaban J connectivity index is 1.09. The third-order valence-corrected chi connectivity index (χ3v) is 7.97. The van der Waals surface area contributed by atoms with Crippen LogP contribution in [-0.4, -0.2) is 34.8 Å². The lowest BCUT2D eigenvalue weighted by atomic mass is 9.50. The third kappa shape index (κ3) is 4.54. The highest BCUT2D eigenvalue weighted by Crippen LogP contribution is 2.58. The van der Waals surface area contributed by atoms with Crippen LogP contribution < -0.4 is 10.1 Å². The lowest BCUT2D eigenvalue weighted by Crippen LogP contribution is -2.56. The van der Waals surface area contributed by atoms with E-state index < -0.39 is 5.60 Å². The number of pyridine rings is 1. The molecule has 5 nitrogen and oxygen atoms in total. The molecule has 170 valence electrons. The van der Waals surface area contributed by atoms with Crippen molar-refractivity contribution in [1.82, 2.24) is 10.3 Å². The summed E-state index contributed by atoms with van der Waals surface area (Å²) in [6, 6.07) is 11.6. The smallest absolute Gasteiger partial charge is 0.251 e. The number of nitrogens with one attached hydrogen (secondary N) is 1. The summed E-state index contributed by atoms with van der Waals surface area (Å²) in [5, 5.41) is 13.9. The molecule has 2 aromatic rings. The second kappa shape index (κ2) is 8.86. The van der Waals surface area contributed by atoms with Gasteiger partial charge in [-0.15, -0.1) is 0 Å². The number of nitrogens with zero attached hydrogens (tertiary/aromatic N) is 1. The summed E-state index contributed by atoms with van der Waals surface area (Å²) in [6.07, 6.45) is 8.97. The van der Waals surface area contributed by atoms with Gasteiger partial charge in [-0.2, -0.15) is 0 Å². The van der Waals surface area contributed by atoms with E-state index in [-0.39, 0.29) is 5.91 Å². The second-order valence-corrected chi connectivity index (χ2v) is 10.2. The Kier molecular flexibility index (Phi) is 5.93. The van der Waals surface area contributed by atoms with E-state index in [0.29, 0.717) is 35.8 Å². The van der Waals surface area contributed by atoms with Crippen LogP contribution in [0.2, 0.25) is 0 Å². The van der Waals surface area contributed by atoms with Crippen LogP contribution in [0.4, 0.5) is 0 Å². The van der Waals surface area contributed by atoms with E-state index in [9.17, 15) is 9.90 Å². The van der Waals surface area contributed by atoms with Crippen LogP contribution in [0, 0.1) is 23.7 Å². The zero-order valence-corrected chi connectivity index (χ0v) is 18.9. The van der Waals surface area contributed by atoms with Gasteiger partial charge < -0.3 is 15.2 Å². The van der Waals surface area contributed by atoms with Crippen LogP contribution in [0.1, 0.15) is 60.6 Å². The molecule has 4 aliphatic rings. The Morgan fingerprint density at radius 3 is 2.50 bits per heavy atom. The summed E-state index contributed by atoms with van der Waals surface area (Å²) in [4.78, 5) is 17.2. The molecule has 4 fully saturated rings. The molecule has 1 heterocycles. The van der Waals surface area contributed by atoms with Gasteiger partial charge in [0, 0.05) is 30.4 Å². The first kappa shape index (κ1) is 21.4. The molecule has 0 radical (unpaired) electrons. The van der Waals surface area contributed by atoms with Crippen molar-refractivity contribution in [3.63, 3.8) is 0 Å². The molecule has 5 heteroatoms. The molecule has 0 spiro atoms. The number of carbonyl (C=O) groups excluding carboxylic acids is 1. The molecule has 2 unspecified atom stereocenters. The van der Waals surface area contributed by atoms with Crippen molar-refractivity contribution in [3.05, 3.63) is 59.4 Å². The van der Waals surface area contributed by atoms with Gasteiger partial charge in [-0.05, 0) is 98.1 Å². The number of aliphatic hydroxyl groups is 1. The van der Waals surface area contributed by atoms with Gasteiger partial charge in [-0.3, -0.25) is 9.78 Å². The molecule has 1 aromatic heterocycles. The van der Waals surface area contributed by atoms with Gasteiger partial charge in [0.2, 0.25) is 0 Å². The van der Waals surface area contributed by atoms with Gasteiger partial charge in [0.1, 0.15) is 5.75 Å². The molecule has 4 saturated carbocycles. The lowest BCUT2D eigenvalue weighted by molar-refractivity contribution is -0.150. The molecule has 4 bridgehead atoms. The molecule has 4 aliphatic carbocycles. The number of hydrogen-bond acceptors (Lipinski definition) is 4. The number of amides is 1. The molecule has 2 N–H and O–H groups in total. The summed E-state index contributed by atoms with van der Waals surface area (Å²) >= 11 is 0. The number of carbonyl (C=O) groups is 1. The van der Waals surface area contributed by atoms with Crippen LogP contribution in [0.5, 0.6) is 5.75 Å². The van der Waals surface area contributed by atoms with Crippen molar-refractivity contribution in [1.29, 1.82) is 0 Å². The van der Waals surface area contributed by atoms with E-state index in [4.69, 9.17) is 4.74 Å². The van der Waals surface area contributed by atoms with Crippen molar-refractivity contribution in [3.8, 4) is 5.75 Å². The summed E-state index contributed by atoms with van der Waals surface area (Å²) in [7, 11) is 0. The van der Waals surface area contributed by atoms with E-state index in [1.165, 1.54) is 18.4 Å². The van der Waals surface area contributed by atoms with Crippen molar-refractivity contribution < 1.29 is 14.6 Å². The molecule has 2 atom stereocenters. The molecule has 0 saturated heterocycles. The van der Waals surface area contributed by atoms with Crippen molar-refractivity contribution in [2.75, 3.05) is 13.2 Å². The van der Waals surface area contributed by atoms with Crippen LogP contribution in [0.25, 0.3) is 0 Å². The zero-order chi connectivity index (χ0) is 22.1. The van der Waals surface area contributed by atoms with E-state index in [1.807, 2.05) is 30.5 Å². The first-order valence-corrected chi connectivity index (χ1v) is 12.2. The fourth-order valence-corrected chi connectivity index (χ4v) is 6.52. The standard InChI is InChI=1S/C27H34N2O3/c1-2-18-3-6-23(28-16-18)9-10-32-24-7-4-20(5-8-24)26(30)29-17-25-21-11-19-12-22(25)15-27(31,13-19)14-21/h3-8,16,19,21-22,25,31H,2,9-15,17H2,1H3,(H,29,30). The Hall–Kier alpha value is -2.40. The Morgan fingerprint density at radius 1 is 1.12 bits per heavy atom. The summed E-state index contributed by atoms with van der Waals surface area (Å²) in [6.45, 7) is 3.40. The molecular formula is C27H34N2O3. The van der Waals surface area contributed by atoms with Gasteiger partial charge in [-0.1, -0.05) is 13.0 Å². The minimum Gasteiger partial charge on any atom is -0.493 e. The normalized spacial score (nSPS) is 30.3. The second-order valence-electron chi connectivity index (χ2n) is 10.2. The van der Waals surface area contributed by atoms with E-state index >= 15 is 0 Å². The molecular weight excluding hydrogens is 400 g/mol. The topological polar surface area (TPSA) is 71.5 Å². The maximum Gasteiger partial charge on any atom is 0.251 e. The predicted octanol–water partition coefficient (Wildman–Crippen LogP) is 4.18. The average Bonchev–Trinajstić information content (AvgIpc) is 2.78. The number of ether oxygens (including phenoxy) is 1. The van der Waals surface area contributed by atoms with E-state index in [1.54, 1.807) is 0 Å². The molecule has 1 amide bonds. The van der Waals surface area contributed by atoms with Crippen LogP contribution in [0.15, 0.2) is 42.6 Å². The van der Waals surface area contributed by atoms with Crippen LogP contribution in [-0.2, 0) is 12.8 Å². The molecule has 1 aromatic carbocycles. The van der Waals surface area contributed by atoms with Crippen LogP contribution in [0.3, 0.4) is 0 Å². The maximum atomic E-state index is 12.7. The Bertz CT molecular complexity index is 924. The number of aryl methyl sites for hydroxylation is 1. The highest BCUT2D eigenvalue weighted by molar-refractivity contribution is 5.94. The number of hydrogen-bond donors (Lipinski definition) is 2. The number of benzene rings is 1. The minimum atomic E-state index is -0.415. The first-order valence-electron chi connectivity index (χ1n) is 12.2. The fraction of sp³-hybridized carbons (Fsp3) is 0.556. The summed E-state index contributed by atoms with van der Waals surface area (Å²) in [5.74, 6) is 3.08. The maximum absolute atomic E-state index is 12.7. The van der Waals surface area contributed by atoms with Gasteiger partial charge in [0.15, 0.2) is 0 Å². The Morgan fingerprint density at radius 2 is 1.88 bits per heavy atom. The van der Waals surface area contributed by atoms with Crippen molar-refractivity contribution in [2.45, 2.75) is 57.5 Å². The van der Waals surface area contributed by atoms with Crippen LogP contribution >= 0.6 is 0 Å². The fourth-order valence-electron chi connectivity index (χ4n) is 6.52. The minimum absolute atomic E-state index is 0.0238. The lowest BCUT2D eigenvalue weighted by Gasteiger charge is -2.58. The number of rotatable bonds is 8. The molecule has 0 aliphatic heterocycles. The summed E-state index contributed by atoms with van der Waals surface area (Å²) in [5.41, 5.74) is 2.51.